The summed E-state index contributed by atoms with van der Waals surface area (Å²) < 4.78 is 11.8. The number of nitrogens with zero attached hydrogens (tertiary/aromatic N) is 1. The fraction of sp³-hybridized carbons (Fsp3) is 0.625. The van der Waals surface area contributed by atoms with E-state index in [2.05, 4.69) is 66.2 Å². The molecule has 21 heavy (non-hydrogen) atoms. The van der Waals surface area contributed by atoms with Crippen molar-refractivity contribution in [2.45, 2.75) is 32.9 Å². The minimum Gasteiger partial charge on any atom is -0.454 e. The number of fused-ring (bicyclic) bond motifs is 1. The first-order valence-corrected chi connectivity index (χ1v) is 8.21. The van der Waals surface area contributed by atoms with Gasteiger partial charge < -0.3 is 19.7 Å². The molecule has 0 bridgehead atoms. The molecule has 0 radical (unpaired) electrons. The molecule has 0 aromatic heterocycles. The molecule has 1 aliphatic rings. The first kappa shape index (κ1) is 16.6. The van der Waals surface area contributed by atoms with E-state index in [0.29, 0.717) is 18.8 Å². The minimum absolute atomic E-state index is 0.307. The highest BCUT2D eigenvalue weighted by Crippen LogP contribution is 2.39. The Morgan fingerprint density at radius 2 is 2.05 bits per heavy atom. The molecule has 118 valence electrons. The van der Waals surface area contributed by atoms with Crippen LogP contribution in [0.15, 0.2) is 16.6 Å². The number of benzene rings is 1. The second-order valence-corrected chi connectivity index (χ2v) is 7.14. The highest BCUT2D eigenvalue weighted by Gasteiger charge is 2.18. The molecule has 1 aliphatic heterocycles. The second-order valence-electron chi connectivity index (χ2n) is 6.28. The summed E-state index contributed by atoms with van der Waals surface area (Å²) in [7, 11) is 4.23. The zero-order valence-corrected chi connectivity index (χ0v) is 14.9. The summed E-state index contributed by atoms with van der Waals surface area (Å²) in [6.07, 6.45) is 1.17. The lowest BCUT2D eigenvalue weighted by atomic mass is 10.0. The molecule has 0 saturated carbocycles. The Balaban J connectivity index is 1.98. The van der Waals surface area contributed by atoms with Gasteiger partial charge in [-0.15, -0.1) is 0 Å². The SMILES string of the molecule is CC(C)CC(CN(C)C)NCc1cc(Br)c2c(c1)OCO2. The molecule has 0 amide bonds. The van der Waals surface area contributed by atoms with Gasteiger partial charge in [0.05, 0.1) is 4.47 Å². The fourth-order valence-electron chi connectivity index (χ4n) is 2.62. The van der Waals surface area contributed by atoms with Gasteiger partial charge in [0, 0.05) is 19.1 Å². The fourth-order valence-corrected chi connectivity index (χ4v) is 3.22. The molecule has 1 aromatic rings. The summed E-state index contributed by atoms with van der Waals surface area (Å²) in [5.74, 6) is 2.32. The maximum Gasteiger partial charge on any atom is 0.231 e. The molecule has 1 aromatic carbocycles. The van der Waals surface area contributed by atoms with E-state index in [-0.39, 0.29) is 0 Å². The van der Waals surface area contributed by atoms with E-state index in [1.54, 1.807) is 0 Å². The molecule has 1 unspecified atom stereocenters. The van der Waals surface area contributed by atoms with Crippen molar-refractivity contribution in [2.75, 3.05) is 27.4 Å². The van der Waals surface area contributed by atoms with Crippen LogP contribution in [0.3, 0.4) is 0 Å². The summed E-state index contributed by atoms with van der Waals surface area (Å²) in [4.78, 5) is 2.23. The molecular weight excluding hydrogens is 332 g/mol. The van der Waals surface area contributed by atoms with Crippen LogP contribution in [0, 0.1) is 5.92 Å². The number of hydrogen-bond donors (Lipinski definition) is 1. The Kier molecular flexibility index (Phi) is 5.90. The van der Waals surface area contributed by atoms with E-state index >= 15 is 0 Å². The molecule has 0 spiro atoms. The van der Waals surface area contributed by atoms with Crippen LogP contribution < -0.4 is 14.8 Å². The predicted octanol–water partition coefficient (Wildman–Crippen LogP) is 3.24. The van der Waals surface area contributed by atoms with Crippen LogP contribution in [0.1, 0.15) is 25.8 Å². The molecule has 1 atom stereocenters. The van der Waals surface area contributed by atoms with Crippen LogP contribution >= 0.6 is 15.9 Å². The maximum absolute atomic E-state index is 5.47. The van der Waals surface area contributed by atoms with E-state index in [9.17, 15) is 0 Å². The van der Waals surface area contributed by atoms with E-state index in [1.807, 2.05) is 0 Å². The van der Waals surface area contributed by atoms with E-state index in [4.69, 9.17) is 9.47 Å². The van der Waals surface area contributed by atoms with Gasteiger partial charge in [0.2, 0.25) is 6.79 Å². The van der Waals surface area contributed by atoms with Gasteiger partial charge in [0.25, 0.3) is 0 Å². The Morgan fingerprint density at radius 3 is 2.71 bits per heavy atom. The number of ether oxygens (including phenoxy) is 2. The average molecular weight is 357 g/mol. The lowest BCUT2D eigenvalue weighted by molar-refractivity contribution is 0.173. The molecule has 1 N–H and O–H groups in total. The number of likely N-dealkylation sites (N-methyl/N-ethyl adjacent to an activating group) is 1. The Bertz CT molecular complexity index is 468. The number of rotatable bonds is 7. The van der Waals surface area contributed by atoms with E-state index in [1.165, 1.54) is 12.0 Å². The molecule has 0 aliphatic carbocycles. The second kappa shape index (κ2) is 7.47. The standard InChI is InChI=1S/C16H25BrN2O2/c1-11(2)5-13(9-19(3)4)18-8-12-6-14(17)16-15(7-12)20-10-21-16/h6-7,11,13,18H,5,8-10H2,1-4H3. The van der Waals surface area contributed by atoms with Gasteiger partial charge in [-0.3, -0.25) is 0 Å². The van der Waals surface area contributed by atoms with Gasteiger partial charge in [0.15, 0.2) is 11.5 Å². The topological polar surface area (TPSA) is 33.7 Å². The summed E-state index contributed by atoms with van der Waals surface area (Å²) in [5.41, 5.74) is 1.21. The molecule has 4 nitrogen and oxygen atoms in total. The molecule has 0 fully saturated rings. The van der Waals surface area contributed by atoms with Gasteiger partial charge in [-0.2, -0.15) is 0 Å². The van der Waals surface area contributed by atoms with Crippen molar-refractivity contribution < 1.29 is 9.47 Å². The Labute approximate surface area is 135 Å². The number of halogens is 1. The molecule has 0 saturated heterocycles. The van der Waals surface area contributed by atoms with Crippen molar-refractivity contribution in [1.29, 1.82) is 0 Å². The van der Waals surface area contributed by atoms with Crippen molar-refractivity contribution in [2.24, 2.45) is 5.92 Å². The van der Waals surface area contributed by atoms with E-state index < -0.39 is 0 Å². The van der Waals surface area contributed by atoms with Crippen molar-refractivity contribution in [3.8, 4) is 11.5 Å². The third kappa shape index (κ3) is 4.87. The van der Waals surface area contributed by atoms with Gasteiger partial charge in [-0.05, 0) is 60.1 Å². The third-order valence-electron chi connectivity index (χ3n) is 3.42. The van der Waals surface area contributed by atoms with Gasteiger partial charge in [0.1, 0.15) is 0 Å². The molecule has 1 heterocycles. The highest BCUT2D eigenvalue weighted by atomic mass is 79.9. The van der Waals surface area contributed by atoms with Crippen LogP contribution in [0.5, 0.6) is 11.5 Å². The van der Waals surface area contributed by atoms with Crippen LogP contribution in [0.2, 0.25) is 0 Å². The first-order chi connectivity index (χ1) is 9.95. The highest BCUT2D eigenvalue weighted by molar-refractivity contribution is 9.10. The molecular formula is C16H25BrN2O2. The Morgan fingerprint density at radius 1 is 1.29 bits per heavy atom. The monoisotopic (exact) mass is 356 g/mol. The molecule has 2 rings (SSSR count). The van der Waals surface area contributed by atoms with Crippen molar-refractivity contribution in [1.82, 2.24) is 10.2 Å². The lowest BCUT2D eigenvalue weighted by Crippen LogP contribution is -2.38. The van der Waals surface area contributed by atoms with Crippen LogP contribution in [0.4, 0.5) is 0 Å². The summed E-state index contributed by atoms with van der Waals surface area (Å²) in [5, 5.41) is 3.66. The van der Waals surface area contributed by atoms with Crippen LogP contribution in [0.25, 0.3) is 0 Å². The summed E-state index contributed by atoms with van der Waals surface area (Å²) in [6, 6.07) is 4.65. The van der Waals surface area contributed by atoms with Gasteiger partial charge >= 0.3 is 0 Å². The summed E-state index contributed by atoms with van der Waals surface area (Å²) in [6.45, 7) is 6.72. The van der Waals surface area contributed by atoms with Crippen molar-refractivity contribution >= 4 is 15.9 Å². The van der Waals surface area contributed by atoms with Gasteiger partial charge in [-0.1, -0.05) is 13.8 Å². The number of nitrogens with one attached hydrogen (secondary N) is 1. The Hall–Kier alpha value is -0.780. The largest absolute Gasteiger partial charge is 0.454 e. The third-order valence-corrected chi connectivity index (χ3v) is 4.01. The average Bonchev–Trinajstić information content (AvgIpc) is 2.83. The van der Waals surface area contributed by atoms with Gasteiger partial charge in [-0.25, -0.2) is 0 Å². The van der Waals surface area contributed by atoms with Crippen molar-refractivity contribution in [3.63, 3.8) is 0 Å². The van der Waals surface area contributed by atoms with Crippen molar-refractivity contribution in [3.05, 3.63) is 22.2 Å². The minimum atomic E-state index is 0.307. The summed E-state index contributed by atoms with van der Waals surface area (Å²) >= 11 is 3.54. The maximum atomic E-state index is 5.47. The van der Waals surface area contributed by atoms with Crippen LogP contribution in [-0.4, -0.2) is 38.4 Å². The normalized spacial score (nSPS) is 15.0. The quantitative estimate of drug-likeness (QED) is 0.812. The van der Waals surface area contributed by atoms with E-state index in [0.717, 1.165) is 29.1 Å². The zero-order valence-electron chi connectivity index (χ0n) is 13.3. The first-order valence-electron chi connectivity index (χ1n) is 7.42. The lowest BCUT2D eigenvalue weighted by Gasteiger charge is -2.24. The predicted molar refractivity (Wildman–Crippen MR) is 88.9 cm³/mol. The van der Waals surface area contributed by atoms with Crippen LogP contribution in [-0.2, 0) is 6.54 Å². The smallest absolute Gasteiger partial charge is 0.231 e. The molecule has 5 heteroatoms. The zero-order chi connectivity index (χ0) is 15.4. The number of hydrogen-bond acceptors (Lipinski definition) is 4.